The molecular formula is C49H65N11O4S. The molecule has 0 spiro atoms. The van der Waals surface area contributed by atoms with Gasteiger partial charge in [-0.25, -0.2) is 15.0 Å². The molecule has 6 fully saturated rings. The van der Waals surface area contributed by atoms with E-state index in [0.717, 1.165) is 130 Å². The van der Waals surface area contributed by atoms with Gasteiger partial charge in [0.25, 0.3) is 5.91 Å². The van der Waals surface area contributed by atoms with Gasteiger partial charge >= 0.3 is 0 Å². The maximum absolute atomic E-state index is 13.2. The first kappa shape index (κ1) is 43.1. The van der Waals surface area contributed by atoms with E-state index in [0.29, 0.717) is 42.2 Å². The van der Waals surface area contributed by atoms with Crippen LogP contribution >= 0.6 is 0 Å². The maximum Gasteiger partial charge on any atom is 0.255 e. The molecule has 2 atom stereocenters. The molecule has 2 aromatic heterocycles. The predicted molar refractivity (Wildman–Crippen MR) is 250 cm³/mol. The van der Waals surface area contributed by atoms with Crippen LogP contribution in [0.15, 0.2) is 35.5 Å². The van der Waals surface area contributed by atoms with E-state index < -0.39 is 16.8 Å². The van der Waals surface area contributed by atoms with E-state index in [1.165, 1.54) is 57.3 Å². The Balaban J connectivity index is 0.602. The molecule has 346 valence electrons. The number of anilines is 3. The summed E-state index contributed by atoms with van der Waals surface area (Å²) >= 11 is 0. The Hall–Kier alpha value is -4.54. The largest absolute Gasteiger partial charge is 0.369 e. The van der Waals surface area contributed by atoms with Gasteiger partial charge in [-0.3, -0.25) is 23.9 Å². The highest BCUT2D eigenvalue weighted by molar-refractivity contribution is 7.85. The van der Waals surface area contributed by atoms with Gasteiger partial charge in [0.05, 0.1) is 34.6 Å². The molecule has 0 bridgehead atoms. The van der Waals surface area contributed by atoms with Crippen LogP contribution in [0.1, 0.15) is 135 Å². The van der Waals surface area contributed by atoms with Crippen molar-refractivity contribution in [2.24, 2.45) is 5.92 Å². The summed E-state index contributed by atoms with van der Waals surface area (Å²) in [6.45, 7) is 12.3. The van der Waals surface area contributed by atoms with Crippen LogP contribution < -0.4 is 20.4 Å². The number of rotatable bonds is 10. The highest BCUT2D eigenvalue weighted by Gasteiger charge is 2.40. The third-order valence-electron chi connectivity index (χ3n) is 16.5. The summed E-state index contributed by atoms with van der Waals surface area (Å²) in [5, 5.41) is 6.07. The molecule has 1 aliphatic carbocycles. The number of benzene rings is 1. The number of carbonyl (C=O) groups excluding carboxylic acids is 3. The number of fused-ring (bicyclic) bond motifs is 2. The summed E-state index contributed by atoms with van der Waals surface area (Å²) in [5.41, 5.74) is 5.14. The Bertz CT molecular complexity index is 2310. The molecule has 7 aliphatic heterocycles. The minimum atomic E-state index is -1.03. The van der Waals surface area contributed by atoms with E-state index in [1.54, 1.807) is 4.90 Å². The maximum atomic E-state index is 13.2. The Morgan fingerprint density at radius 1 is 0.815 bits per heavy atom. The highest BCUT2D eigenvalue weighted by atomic mass is 32.2. The number of hydrogen-bond donors (Lipinski definition) is 2. The molecule has 15 nitrogen and oxygen atoms in total. The van der Waals surface area contributed by atoms with Crippen molar-refractivity contribution in [2.75, 3.05) is 79.8 Å². The number of piperidine rings is 5. The fourth-order valence-electron chi connectivity index (χ4n) is 12.2. The molecule has 9 heterocycles. The molecular weight excluding hydrogens is 839 g/mol. The van der Waals surface area contributed by atoms with E-state index in [1.807, 2.05) is 6.07 Å². The Labute approximate surface area is 385 Å². The highest BCUT2D eigenvalue weighted by Crippen LogP contribution is 2.40. The number of nitrogens with zero attached hydrogens (tertiary/aromatic N) is 9. The third kappa shape index (κ3) is 8.79. The zero-order chi connectivity index (χ0) is 44.2. The van der Waals surface area contributed by atoms with E-state index in [-0.39, 0.29) is 29.7 Å². The van der Waals surface area contributed by atoms with Crippen LogP contribution in [-0.4, -0.2) is 139 Å². The second-order valence-corrected chi connectivity index (χ2v) is 22.1. The van der Waals surface area contributed by atoms with Gasteiger partial charge in [-0.15, -0.1) is 0 Å². The van der Waals surface area contributed by atoms with Crippen molar-refractivity contribution in [3.8, 4) is 0 Å². The summed E-state index contributed by atoms with van der Waals surface area (Å²) < 4.78 is 12.9. The fraction of sp³-hybridized carbons (Fsp3) is 0.653. The SMILES string of the molecule is CC1(Nc2nc(N3CCC(c4ncc(N5CCC(N6CCC(CN7CCC(c8ccc9c(c8)CN(C8CCC(=O)NC8=O)C9=O)CC7)CC6)CC5)cn4)CC3)nc3c2S(=O)CC3)CCC1. The Morgan fingerprint density at radius 2 is 1.54 bits per heavy atom. The van der Waals surface area contributed by atoms with Crippen LogP contribution in [0.4, 0.5) is 17.5 Å². The number of hydrogen-bond acceptors (Lipinski definition) is 13. The molecule has 0 radical (unpaired) electrons. The number of likely N-dealkylation sites (tertiary alicyclic amines) is 2. The molecule has 1 aromatic carbocycles. The molecule has 3 aromatic rings. The van der Waals surface area contributed by atoms with Gasteiger partial charge in [0.15, 0.2) is 0 Å². The van der Waals surface area contributed by atoms with E-state index >= 15 is 0 Å². The first-order valence-corrected chi connectivity index (χ1v) is 26.1. The minimum Gasteiger partial charge on any atom is -0.369 e. The van der Waals surface area contributed by atoms with Gasteiger partial charge in [0.2, 0.25) is 17.8 Å². The quantitative estimate of drug-likeness (QED) is 0.263. The van der Waals surface area contributed by atoms with Gasteiger partial charge in [-0.05, 0) is 139 Å². The third-order valence-corrected chi connectivity index (χ3v) is 17.9. The Kier molecular flexibility index (Phi) is 11.9. The number of aromatic nitrogens is 4. The van der Waals surface area contributed by atoms with Crippen molar-refractivity contribution < 1.29 is 18.6 Å². The number of aryl methyl sites for hydroxylation is 1. The smallest absolute Gasteiger partial charge is 0.255 e. The molecule has 3 amide bonds. The van der Waals surface area contributed by atoms with Crippen LogP contribution in [-0.2, 0) is 33.4 Å². The van der Waals surface area contributed by atoms with Gasteiger partial charge in [-0.1, -0.05) is 12.1 Å². The molecule has 65 heavy (non-hydrogen) atoms. The molecule has 8 aliphatic rings. The van der Waals surface area contributed by atoms with Crippen molar-refractivity contribution in [2.45, 2.75) is 138 Å². The van der Waals surface area contributed by atoms with Gasteiger partial charge < -0.3 is 29.8 Å². The van der Waals surface area contributed by atoms with Crippen LogP contribution in [0.2, 0.25) is 0 Å². The molecule has 11 rings (SSSR count). The van der Waals surface area contributed by atoms with E-state index in [2.05, 4.69) is 61.7 Å². The average molecular weight is 904 g/mol. The second kappa shape index (κ2) is 17.9. The van der Waals surface area contributed by atoms with Crippen molar-refractivity contribution in [1.29, 1.82) is 0 Å². The first-order chi connectivity index (χ1) is 31.6. The summed E-state index contributed by atoms with van der Waals surface area (Å²) in [7, 11) is -1.03. The standard InChI is InChI=1S/C49H65N11O4S/c1-49(16-2-17-49)55-45-43-40(15-26-65(43)64)52-48(54-45)59-22-11-34(12-23-59)44-50-28-38(29-51-44)58-24-13-37(14-25-58)57-20-7-32(8-21-57)30-56-18-9-33(10-19-56)35-3-4-39-36(27-35)31-60(47(39)63)41-5-6-42(61)53-46(41)62/h3-4,27-29,32-34,37,41H,2,5-26,30-31H2,1H3,(H,52,54,55)(H,53,61,62). The normalized spacial score (nSPS) is 26.3. The molecule has 1 saturated carbocycles. The van der Waals surface area contributed by atoms with Gasteiger partial charge in [0.1, 0.15) is 22.6 Å². The number of amides is 3. The monoisotopic (exact) mass is 903 g/mol. The van der Waals surface area contributed by atoms with Crippen molar-refractivity contribution in [3.63, 3.8) is 0 Å². The second-order valence-electron chi connectivity index (χ2n) is 20.6. The molecule has 5 saturated heterocycles. The van der Waals surface area contributed by atoms with E-state index in [9.17, 15) is 18.6 Å². The predicted octanol–water partition coefficient (Wildman–Crippen LogP) is 4.99. The van der Waals surface area contributed by atoms with Crippen LogP contribution in [0.5, 0.6) is 0 Å². The van der Waals surface area contributed by atoms with Crippen molar-refractivity contribution in [3.05, 3.63) is 58.8 Å². The average Bonchev–Trinajstić information content (AvgIpc) is 3.87. The lowest BCUT2D eigenvalue weighted by Crippen LogP contribution is -2.52. The number of nitrogens with one attached hydrogen (secondary N) is 2. The molecule has 2 unspecified atom stereocenters. The zero-order valence-electron chi connectivity index (χ0n) is 38.0. The van der Waals surface area contributed by atoms with Crippen LogP contribution in [0, 0.1) is 5.92 Å². The summed E-state index contributed by atoms with van der Waals surface area (Å²) in [6.07, 6.45) is 18.1. The van der Waals surface area contributed by atoms with Crippen molar-refractivity contribution in [1.82, 2.24) is 40.0 Å². The lowest BCUT2D eigenvalue weighted by Gasteiger charge is -2.43. The summed E-state index contributed by atoms with van der Waals surface area (Å²) in [6, 6.07) is 6.37. The summed E-state index contributed by atoms with van der Waals surface area (Å²) in [5.74, 6) is 3.99. The zero-order valence-corrected chi connectivity index (χ0v) is 38.8. The summed E-state index contributed by atoms with van der Waals surface area (Å²) in [4.78, 5) is 69.8. The van der Waals surface area contributed by atoms with E-state index in [4.69, 9.17) is 19.9 Å². The first-order valence-electron chi connectivity index (χ1n) is 24.8. The minimum absolute atomic E-state index is 0.0349. The Morgan fingerprint density at radius 3 is 2.25 bits per heavy atom. The van der Waals surface area contributed by atoms with Crippen LogP contribution in [0.3, 0.4) is 0 Å². The van der Waals surface area contributed by atoms with Gasteiger partial charge in [-0.2, -0.15) is 4.98 Å². The lowest BCUT2D eigenvalue weighted by molar-refractivity contribution is -0.136. The topological polar surface area (TPSA) is 160 Å². The van der Waals surface area contributed by atoms with Crippen molar-refractivity contribution >= 4 is 46.0 Å². The number of carbonyl (C=O) groups is 3. The molecule has 2 N–H and O–H groups in total. The lowest BCUT2D eigenvalue weighted by atomic mass is 9.78. The van der Waals surface area contributed by atoms with Crippen LogP contribution in [0.25, 0.3) is 0 Å². The molecule has 16 heteroatoms. The van der Waals surface area contributed by atoms with Gasteiger partial charge in [0, 0.05) is 80.9 Å². The fourth-order valence-corrected chi connectivity index (χ4v) is 13.5. The number of imide groups is 1.